The molecule has 1 aromatic heterocycles. The minimum Gasteiger partial charge on any atom is -0.378 e. The Bertz CT molecular complexity index is 1040. The molecule has 1 aromatic carbocycles. The third kappa shape index (κ3) is 5.76. The van der Waals surface area contributed by atoms with Crippen LogP contribution in [-0.4, -0.2) is 65.3 Å². The van der Waals surface area contributed by atoms with Gasteiger partial charge in [0.1, 0.15) is 24.4 Å². The summed E-state index contributed by atoms with van der Waals surface area (Å²) < 4.78 is 32.7. The van der Waals surface area contributed by atoms with Gasteiger partial charge in [0.2, 0.25) is 0 Å². The maximum absolute atomic E-state index is 14.1. The number of nitrogens with zero attached hydrogens (tertiary/aromatic N) is 3. The Balaban J connectivity index is 1.45. The molecule has 11 heteroatoms. The molecule has 184 valence electrons. The summed E-state index contributed by atoms with van der Waals surface area (Å²) in [7, 11) is 0. The number of aromatic nitrogens is 2. The lowest BCUT2D eigenvalue weighted by atomic mass is 10.00. The molecule has 0 saturated carbocycles. The molecule has 2 N–H and O–H groups in total. The van der Waals surface area contributed by atoms with Crippen molar-refractivity contribution in [3.05, 3.63) is 45.3 Å². The van der Waals surface area contributed by atoms with E-state index in [1.807, 2.05) is 0 Å². The lowest BCUT2D eigenvalue weighted by molar-refractivity contribution is 0.00840. The lowest BCUT2D eigenvalue weighted by Gasteiger charge is -2.36. The average molecular weight is 514 g/mol. The number of rotatable bonds is 6. The zero-order valence-electron chi connectivity index (χ0n) is 18.8. The van der Waals surface area contributed by atoms with E-state index in [1.165, 1.54) is 0 Å². The van der Waals surface area contributed by atoms with E-state index in [0.29, 0.717) is 66.1 Å². The summed E-state index contributed by atoms with van der Waals surface area (Å²) in [5.74, 6) is -0.0318. The summed E-state index contributed by atoms with van der Waals surface area (Å²) in [6.07, 6.45) is 1.02. The van der Waals surface area contributed by atoms with E-state index in [1.54, 1.807) is 30.0 Å². The highest BCUT2D eigenvalue weighted by Crippen LogP contribution is 2.28. The normalized spacial score (nSPS) is 21.5. The zero-order valence-corrected chi connectivity index (χ0v) is 20.3. The van der Waals surface area contributed by atoms with Crippen LogP contribution in [0.4, 0.5) is 20.3 Å². The number of ether oxygens (including phenoxy) is 1. The molecule has 2 fully saturated rings. The van der Waals surface area contributed by atoms with E-state index in [0.717, 1.165) is 0 Å². The Morgan fingerprint density at radius 3 is 2.65 bits per heavy atom. The fourth-order valence-electron chi connectivity index (χ4n) is 4.26. The molecule has 0 bridgehead atoms. The van der Waals surface area contributed by atoms with E-state index in [9.17, 15) is 13.6 Å². The average Bonchev–Trinajstić information content (AvgIpc) is 2.84. The summed E-state index contributed by atoms with van der Waals surface area (Å²) in [5.41, 5.74) is 1.27. The van der Waals surface area contributed by atoms with Gasteiger partial charge in [-0.2, -0.15) is 0 Å². The van der Waals surface area contributed by atoms with Crippen molar-refractivity contribution in [2.75, 3.05) is 31.6 Å². The van der Waals surface area contributed by atoms with Gasteiger partial charge >= 0.3 is 0 Å². The predicted octanol–water partition coefficient (Wildman–Crippen LogP) is 4.63. The molecule has 0 radical (unpaired) electrons. The molecular formula is C23H27Cl2F2N5O2. The van der Waals surface area contributed by atoms with Crippen LogP contribution in [0.15, 0.2) is 18.2 Å². The molecule has 2 saturated heterocycles. The van der Waals surface area contributed by atoms with E-state index >= 15 is 0 Å². The summed E-state index contributed by atoms with van der Waals surface area (Å²) >= 11 is 12.1. The molecule has 0 spiro atoms. The number of likely N-dealkylation sites (tertiary alicyclic amines) is 1. The molecule has 2 aliphatic rings. The van der Waals surface area contributed by atoms with Crippen molar-refractivity contribution in [1.82, 2.24) is 20.2 Å². The number of carbonyl (C=O) groups excluding carboxylic acids is 1. The Hall–Kier alpha value is -2.07. The van der Waals surface area contributed by atoms with Crippen LogP contribution < -0.4 is 10.6 Å². The van der Waals surface area contributed by atoms with Crippen molar-refractivity contribution in [3.8, 4) is 0 Å². The number of nitrogens with one attached hydrogen (secondary N) is 2. The second-order valence-corrected chi connectivity index (χ2v) is 9.38. The van der Waals surface area contributed by atoms with Crippen LogP contribution in [0.2, 0.25) is 10.0 Å². The Morgan fingerprint density at radius 1 is 1.21 bits per heavy atom. The maximum Gasteiger partial charge on any atom is 0.272 e. The molecule has 2 aliphatic heterocycles. The second kappa shape index (κ2) is 11.1. The first-order valence-corrected chi connectivity index (χ1v) is 12.0. The van der Waals surface area contributed by atoms with Gasteiger partial charge in [0.05, 0.1) is 16.7 Å². The van der Waals surface area contributed by atoms with Gasteiger partial charge in [-0.3, -0.25) is 4.79 Å². The van der Waals surface area contributed by atoms with Crippen LogP contribution in [0.25, 0.3) is 0 Å². The van der Waals surface area contributed by atoms with Gasteiger partial charge < -0.3 is 20.3 Å². The predicted molar refractivity (Wildman–Crippen MR) is 128 cm³/mol. The number of hydrogen-bond acceptors (Lipinski definition) is 6. The van der Waals surface area contributed by atoms with E-state index in [2.05, 4.69) is 20.6 Å². The van der Waals surface area contributed by atoms with Crippen molar-refractivity contribution >= 4 is 40.6 Å². The van der Waals surface area contributed by atoms with Crippen molar-refractivity contribution in [2.45, 2.75) is 51.1 Å². The monoisotopic (exact) mass is 513 g/mol. The highest BCUT2D eigenvalue weighted by molar-refractivity contribution is 6.42. The minimum atomic E-state index is -1.02. The molecule has 2 unspecified atom stereocenters. The third-order valence-corrected chi connectivity index (χ3v) is 6.95. The van der Waals surface area contributed by atoms with E-state index < -0.39 is 12.8 Å². The van der Waals surface area contributed by atoms with Crippen LogP contribution >= 0.6 is 23.2 Å². The molecule has 7 nitrogen and oxygen atoms in total. The molecule has 2 atom stereocenters. The first-order chi connectivity index (χ1) is 16.4. The number of halogens is 4. The lowest BCUT2D eigenvalue weighted by Crippen LogP contribution is -2.52. The molecule has 34 heavy (non-hydrogen) atoms. The first kappa shape index (κ1) is 25.0. The largest absolute Gasteiger partial charge is 0.378 e. The third-order valence-electron chi connectivity index (χ3n) is 6.22. The first-order valence-electron chi connectivity index (χ1n) is 11.3. The van der Waals surface area contributed by atoms with Crippen LogP contribution in [0.3, 0.4) is 0 Å². The molecule has 3 heterocycles. The highest BCUT2D eigenvalue weighted by Gasteiger charge is 2.31. The fraction of sp³-hybridized carbons (Fsp3) is 0.522. The van der Waals surface area contributed by atoms with Crippen molar-refractivity contribution < 1.29 is 18.3 Å². The van der Waals surface area contributed by atoms with E-state index in [4.69, 9.17) is 27.9 Å². The number of hydrogen-bond donors (Lipinski definition) is 2. The topological polar surface area (TPSA) is 79.4 Å². The quantitative estimate of drug-likeness (QED) is 0.586. The van der Waals surface area contributed by atoms with Gasteiger partial charge in [0, 0.05) is 43.0 Å². The second-order valence-electron chi connectivity index (χ2n) is 8.57. The van der Waals surface area contributed by atoms with Crippen LogP contribution in [0.1, 0.15) is 41.1 Å². The maximum atomic E-state index is 14.1. The number of benzene rings is 1. The van der Waals surface area contributed by atoms with Gasteiger partial charge in [0.15, 0.2) is 5.82 Å². The molecule has 0 aliphatic carbocycles. The summed E-state index contributed by atoms with van der Waals surface area (Å²) in [4.78, 5) is 23.4. The number of amides is 1. The SMILES string of the molecule is Cc1c(Nc2ccc(Cl)c(Cl)c2)nc(CF)nc1C(=O)N1CCC(NC2CCOCC2F)CC1. The number of piperidine rings is 1. The zero-order chi connectivity index (χ0) is 24.2. The fourth-order valence-corrected chi connectivity index (χ4v) is 4.55. The van der Waals surface area contributed by atoms with Gasteiger partial charge in [0.25, 0.3) is 5.91 Å². The standard InChI is InChI=1S/C23H27Cl2F2N5O2/c1-13-21(30-20(11-26)31-22(13)29-15-2-3-16(24)17(25)10-15)23(33)32-7-4-14(5-8-32)28-19-6-9-34-12-18(19)27/h2-3,10,14,18-19,28H,4-9,11-12H2,1H3,(H,29,30,31). The van der Waals surface area contributed by atoms with Crippen molar-refractivity contribution in [3.63, 3.8) is 0 Å². The van der Waals surface area contributed by atoms with Gasteiger partial charge in [-0.15, -0.1) is 0 Å². The van der Waals surface area contributed by atoms with Crippen molar-refractivity contribution in [1.29, 1.82) is 0 Å². The number of carbonyl (C=O) groups is 1. The number of anilines is 2. The molecule has 4 rings (SSSR count). The Morgan fingerprint density at radius 2 is 1.97 bits per heavy atom. The van der Waals surface area contributed by atoms with E-state index in [-0.39, 0.29) is 36.1 Å². The Kier molecular flexibility index (Phi) is 8.18. The minimum absolute atomic E-state index is 0.0819. The van der Waals surface area contributed by atoms with Crippen LogP contribution in [0, 0.1) is 6.92 Å². The van der Waals surface area contributed by atoms with Crippen molar-refractivity contribution in [2.24, 2.45) is 0 Å². The van der Waals surface area contributed by atoms with Crippen LogP contribution in [-0.2, 0) is 11.4 Å². The van der Waals surface area contributed by atoms with Gasteiger partial charge in [-0.1, -0.05) is 23.2 Å². The number of alkyl halides is 2. The van der Waals surface area contributed by atoms with Crippen LogP contribution in [0.5, 0.6) is 0 Å². The summed E-state index contributed by atoms with van der Waals surface area (Å²) in [6.45, 7) is 2.49. The molecular weight excluding hydrogens is 487 g/mol. The van der Waals surface area contributed by atoms with Gasteiger partial charge in [-0.05, 0) is 44.4 Å². The smallest absolute Gasteiger partial charge is 0.272 e. The summed E-state index contributed by atoms with van der Waals surface area (Å²) in [5, 5.41) is 7.23. The van der Waals surface area contributed by atoms with Gasteiger partial charge in [-0.25, -0.2) is 18.7 Å². The Labute approximate surface area is 207 Å². The highest BCUT2D eigenvalue weighted by atomic mass is 35.5. The molecule has 2 aromatic rings. The molecule has 1 amide bonds. The summed E-state index contributed by atoms with van der Waals surface area (Å²) in [6, 6.07) is 4.89.